The average molecular weight is 468 g/mol. The molecule has 0 bridgehead atoms. The number of carbonyl (C=O) groups is 2. The van der Waals surface area contributed by atoms with Crippen molar-refractivity contribution in [3.05, 3.63) is 66.0 Å². The minimum absolute atomic E-state index is 0.110. The van der Waals surface area contributed by atoms with Crippen LogP contribution in [0.5, 0.6) is 0 Å². The lowest BCUT2D eigenvalue weighted by Crippen LogP contribution is -2.49. The summed E-state index contributed by atoms with van der Waals surface area (Å²) in [7, 11) is 0. The first-order chi connectivity index (χ1) is 16.5. The molecular weight excluding hydrogens is 433 g/mol. The number of aliphatic carboxylic acids is 1. The van der Waals surface area contributed by atoms with Gasteiger partial charge in [0.2, 0.25) is 5.91 Å². The monoisotopic (exact) mass is 467 g/mol. The van der Waals surface area contributed by atoms with E-state index in [1.165, 1.54) is 12.1 Å². The van der Waals surface area contributed by atoms with E-state index in [1.54, 1.807) is 0 Å². The number of likely N-dealkylation sites (tertiary alicyclic amines) is 1. The maximum absolute atomic E-state index is 13.2. The van der Waals surface area contributed by atoms with E-state index in [9.17, 15) is 19.1 Å². The molecule has 182 valence electrons. The zero-order chi connectivity index (χ0) is 23.9. The van der Waals surface area contributed by atoms with E-state index in [4.69, 9.17) is 0 Å². The van der Waals surface area contributed by atoms with E-state index in [0.29, 0.717) is 19.5 Å². The Morgan fingerprint density at radius 1 is 0.912 bits per heavy atom. The molecule has 2 atom stereocenters. The van der Waals surface area contributed by atoms with Crippen LogP contribution in [0.25, 0.3) is 0 Å². The van der Waals surface area contributed by atoms with Crippen LogP contribution < -0.4 is 4.90 Å². The molecule has 0 radical (unpaired) electrons. The van der Waals surface area contributed by atoms with Crippen molar-refractivity contribution in [3.63, 3.8) is 0 Å². The predicted octanol–water partition coefficient (Wildman–Crippen LogP) is 3.52. The van der Waals surface area contributed by atoms with E-state index in [0.717, 1.165) is 56.8 Å². The fraction of sp³-hybridized carbons (Fsp3) is 0.481. The molecule has 0 aliphatic carbocycles. The highest BCUT2D eigenvalue weighted by molar-refractivity contribution is 5.79. The van der Waals surface area contributed by atoms with Gasteiger partial charge in [0.1, 0.15) is 5.82 Å². The summed E-state index contributed by atoms with van der Waals surface area (Å²) in [4.78, 5) is 31.0. The number of piperidine rings is 1. The Bertz CT molecular complexity index is 945. The standard InChI is InChI=1S/C27H34FN3O3/c28-24-6-8-25(9-7-24)30-16-14-29(15-17-30)12-10-23-20-31(13-11-22(23)19-27(33)34)26(32)18-21-4-2-1-3-5-21/h1-9,22-23H,10-20H2,(H,33,34). The lowest BCUT2D eigenvalue weighted by atomic mass is 9.81. The molecule has 1 amide bonds. The lowest BCUT2D eigenvalue weighted by molar-refractivity contribution is -0.139. The summed E-state index contributed by atoms with van der Waals surface area (Å²) in [6.45, 7) is 5.79. The topological polar surface area (TPSA) is 64.1 Å². The third-order valence-electron chi connectivity index (χ3n) is 7.26. The summed E-state index contributed by atoms with van der Waals surface area (Å²) in [6, 6.07) is 16.4. The Balaban J connectivity index is 1.30. The van der Waals surface area contributed by atoms with Gasteiger partial charge in [-0.2, -0.15) is 0 Å². The van der Waals surface area contributed by atoms with Gasteiger partial charge in [-0.1, -0.05) is 30.3 Å². The molecule has 0 spiro atoms. The third-order valence-corrected chi connectivity index (χ3v) is 7.26. The molecule has 34 heavy (non-hydrogen) atoms. The van der Waals surface area contributed by atoms with Crippen LogP contribution in [0.3, 0.4) is 0 Å². The van der Waals surface area contributed by atoms with Gasteiger partial charge in [0.25, 0.3) is 0 Å². The maximum Gasteiger partial charge on any atom is 0.303 e. The molecule has 2 fully saturated rings. The summed E-state index contributed by atoms with van der Waals surface area (Å²) < 4.78 is 13.2. The molecule has 4 rings (SSSR count). The first kappa shape index (κ1) is 24.2. The minimum Gasteiger partial charge on any atom is -0.481 e. The van der Waals surface area contributed by atoms with Gasteiger partial charge in [0.15, 0.2) is 0 Å². The van der Waals surface area contributed by atoms with Crippen LogP contribution in [0.15, 0.2) is 54.6 Å². The van der Waals surface area contributed by atoms with Crippen molar-refractivity contribution >= 4 is 17.6 Å². The summed E-state index contributed by atoms with van der Waals surface area (Å²) in [5.41, 5.74) is 2.05. The van der Waals surface area contributed by atoms with Gasteiger partial charge >= 0.3 is 5.97 Å². The normalized spacial score (nSPS) is 21.4. The number of amides is 1. The number of carbonyl (C=O) groups excluding carboxylic acids is 1. The Labute approximate surface area is 201 Å². The third kappa shape index (κ3) is 6.56. The van der Waals surface area contributed by atoms with Gasteiger partial charge in [0.05, 0.1) is 6.42 Å². The number of piperazine rings is 1. The molecule has 2 aromatic carbocycles. The van der Waals surface area contributed by atoms with Gasteiger partial charge in [-0.15, -0.1) is 0 Å². The zero-order valence-corrected chi connectivity index (χ0v) is 19.6. The summed E-state index contributed by atoms with van der Waals surface area (Å²) in [6.07, 6.45) is 2.20. The highest BCUT2D eigenvalue weighted by Crippen LogP contribution is 2.30. The first-order valence-corrected chi connectivity index (χ1v) is 12.2. The van der Waals surface area contributed by atoms with E-state index in [2.05, 4.69) is 9.80 Å². The lowest BCUT2D eigenvalue weighted by Gasteiger charge is -2.40. The summed E-state index contributed by atoms with van der Waals surface area (Å²) >= 11 is 0. The van der Waals surface area contributed by atoms with Crippen molar-refractivity contribution in [2.75, 3.05) is 50.7 Å². The Morgan fingerprint density at radius 3 is 2.29 bits per heavy atom. The number of rotatable bonds is 8. The van der Waals surface area contributed by atoms with E-state index in [-0.39, 0.29) is 30.0 Å². The van der Waals surface area contributed by atoms with Crippen molar-refractivity contribution in [2.24, 2.45) is 11.8 Å². The number of carboxylic acids is 1. The van der Waals surface area contributed by atoms with Crippen molar-refractivity contribution in [2.45, 2.75) is 25.7 Å². The highest BCUT2D eigenvalue weighted by Gasteiger charge is 2.33. The largest absolute Gasteiger partial charge is 0.481 e. The smallest absolute Gasteiger partial charge is 0.303 e. The van der Waals surface area contributed by atoms with Gasteiger partial charge in [-0.3, -0.25) is 14.5 Å². The Kier molecular flexibility index (Phi) is 8.16. The fourth-order valence-electron chi connectivity index (χ4n) is 5.24. The number of carboxylic acid groups (broad SMARTS) is 1. The molecular formula is C27H34FN3O3. The second kappa shape index (κ2) is 11.5. The quantitative estimate of drug-likeness (QED) is 0.644. The molecule has 2 aliphatic rings. The summed E-state index contributed by atoms with van der Waals surface area (Å²) in [5.74, 6) is -0.551. The SMILES string of the molecule is O=C(O)CC1CCN(C(=O)Cc2ccccc2)CC1CCN1CCN(c2ccc(F)cc2)CC1. The Morgan fingerprint density at radius 2 is 1.62 bits per heavy atom. The summed E-state index contributed by atoms with van der Waals surface area (Å²) in [5, 5.41) is 9.40. The van der Waals surface area contributed by atoms with E-state index < -0.39 is 5.97 Å². The molecule has 2 saturated heterocycles. The van der Waals surface area contributed by atoms with Gasteiger partial charge in [0, 0.05) is 51.4 Å². The van der Waals surface area contributed by atoms with Crippen LogP contribution in [0.1, 0.15) is 24.8 Å². The van der Waals surface area contributed by atoms with Crippen LogP contribution in [-0.4, -0.2) is 72.6 Å². The zero-order valence-electron chi connectivity index (χ0n) is 19.6. The highest BCUT2D eigenvalue weighted by atomic mass is 19.1. The molecule has 6 nitrogen and oxygen atoms in total. The number of benzene rings is 2. The average Bonchev–Trinajstić information content (AvgIpc) is 2.84. The molecule has 7 heteroatoms. The molecule has 2 aliphatic heterocycles. The number of hydrogen-bond acceptors (Lipinski definition) is 4. The predicted molar refractivity (Wildman–Crippen MR) is 130 cm³/mol. The maximum atomic E-state index is 13.2. The van der Waals surface area contributed by atoms with Crippen LogP contribution in [0.4, 0.5) is 10.1 Å². The van der Waals surface area contributed by atoms with Crippen LogP contribution >= 0.6 is 0 Å². The molecule has 1 N–H and O–H groups in total. The van der Waals surface area contributed by atoms with Gasteiger partial charge in [-0.05, 0) is 61.1 Å². The van der Waals surface area contributed by atoms with Gasteiger partial charge < -0.3 is 14.9 Å². The van der Waals surface area contributed by atoms with E-state index in [1.807, 2.05) is 47.4 Å². The second-order valence-corrected chi connectivity index (χ2v) is 9.50. The van der Waals surface area contributed by atoms with Crippen molar-refractivity contribution in [1.82, 2.24) is 9.80 Å². The number of anilines is 1. The van der Waals surface area contributed by atoms with Crippen LogP contribution in [0, 0.1) is 17.7 Å². The van der Waals surface area contributed by atoms with Gasteiger partial charge in [-0.25, -0.2) is 4.39 Å². The first-order valence-electron chi connectivity index (χ1n) is 12.2. The van der Waals surface area contributed by atoms with Crippen molar-refractivity contribution in [1.29, 1.82) is 0 Å². The minimum atomic E-state index is -0.757. The molecule has 2 aromatic rings. The van der Waals surface area contributed by atoms with E-state index >= 15 is 0 Å². The molecule has 2 heterocycles. The van der Waals surface area contributed by atoms with Crippen LogP contribution in [0.2, 0.25) is 0 Å². The number of hydrogen-bond donors (Lipinski definition) is 1. The van der Waals surface area contributed by atoms with Crippen LogP contribution in [-0.2, 0) is 16.0 Å². The molecule has 2 unspecified atom stereocenters. The Hall–Kier alpha value is -2.93. The number of halogens is 1. The molecule has 0 saturated carbocycles. The molecule has 0 aromatic heterocycles. The van der Waals surface area contributed by atoms with Crippen molar-refractivity contribution < 1.29 is 19.1 Å². The second-order valence-electron chi connectivity index (χ2n) is 9.50. The fourth-order valence-corrected chi connectivity index (χ4v) is 5.24. The van der Waals surface area contributed by atoms with Crippen molar-refractivity contribution in [3.8, 4) is 0 Å². The number of nitrogens with zero attached hydrogens (tertiary/aromatic N) is 3.